The minimum Gasteiger partial charge on any atom is -0.384 e. The number of hydrogen-bond acceptors (Lipinski definition) is 3. The number of ether oxygens (including phenoxy) is 1. The Morgan fingerprint density at radius 2 is 1.82 bits per heavy atom. The van der Waals surface area contributed by atoms with Gasteiger partial charge in [-0.2, -0.15) is 13.2 Å². The van der Waals surface area contributed by atoms with Gasteiger partial charge in [-0.05, 0) is 49.9 Å². The molecule has 1 fully saturated rings. The van der Waals surface area contributed by atoms with Gasteiger partial charge in [0.05, 0.1) is 23.9 Å². The van der Waals surface area contributed by atoms with E-state index in [1.54, 1.807) is 31.4 Å². The number of halogens is 4. The summed E-state index contributed by atoms with van der Waals surface area (Å²) in [5.41, 5.74) is 0.939. The Hall–Kier alpha value is -1.86. The largest absolute Gasteiger partial charge is 0.391 e. The zero-order valence-electron chi connectivity index (χ0n) is 15.5. The van der Waals surface area contributed by atoms with Crippen LogP contribution >= 0.6 is 11.6 Å². The Kier molecular flexibility index (Phi) is 6.45. The van der Waals surface area contributed by atoms with Crippen LogP contribution in [0.15, 0.2) is 35.1 Å². The van der Waals surface area contributed by atoms with Crippen molar-refractivity contribution in [2.45, 2.75) is 44.2 Å². The fourth-order valence-electron chi connectivity index (χ4n) is 3.69. The Balaban J connectivity index is 1.98. The Bertz CT molecular complexity index is 857. The Labute approximate surface area is 166 Å². The molecule has 28 heavy (non-hydrogen) atoms. The summed E-state index contributed by atoms with van der Waals surface area (Å²) >= 11 is 5.95. The molecule has 152 valence electrons. The number of alkyl halides is 3. The van der Waals surface area contributed by atoms with Gasteiger partial charge < -0.3 is 4.74 Å². The number of benzene rings is 1. The summed E-state index contributed by atoms with van der Waals surface area (Å²) in [5, 5.41) is 0.536. The van der Waals surface area contributed by atoms with Crippen LogP contribution in [0, 0.1) is 5.92 Å². The van der Waals surface area contributed by atoms with Gasteiger partial charge >= 0.3 is 6.18 Å². The first-order valence-corrected chi connectivity index (χ1v) is 9.62. The van der Waals surface area contributed by atoms with Crippen molar-refractivity contribution in [2.75, 3.05) is 13.7 Å². The first kappa shape index (κ1) is 20.9. The molecule has 0 bridgehead atoms. The molecule has 1 aliphatic carbocycles. The summed E-state index contributed by atoms with van der Waals surface area (Å²) < 4.78 is 45.6. The number of aromatic nitrogens is 2. The minimum atomic E-state index is -4.17. The maximum Gasteiger partial charge on any atom is 0.391 e. The lowest BCUT2D eigenvalue weighted by Crippen LogP contribution is -2.31. The van der Waals surface area contributed by atoms with E-state index in [1.165, 1.54) is 10.6 Å². The number of rotatable bonds is 5. The maximum atomic E-state index is 13.0. The van der Waals surface area contributed by atoms with Crippen molar-refractivity contribution in [1.82, 2.24) is 9.55 Å². The minimum absolute atomic E-state index is 0.0486. The van der Waals surface area contributed by atoms with Gasteiger partial charge in [-0.25, -0.2) is 4.98 Å². The predicted octanol–water partition coefficient (Wildman–Crippen LogP) is 4.91. The van der Waals surface area contributed by atoms with E-state index in [0.29, 0.717) is 48.1 Å². The molecule has 8 heteroatoms. The van der Waals surface area contributed by atoms with Crippen LogP contribution in [0.5, 0.6) is 0 Å². The number of hydrogen-bond donors (Lipinski definition) is 0. The molecule has 4 nitrogen and oxygen atoms in total. The summed E-state index contributed by atoms with van der Waals surface area (Å²) in [6.07, 6.45) is -2.91. The number of nitrogens with zero attached hydrogens (tertiary/aromatic N) is 2. The van der Waals surface area contributed by atoms with Crippen molar-refractivity contribution in [3.63, 3.8) is 0 Å². The van der Waals surface area contributed by atoms with E-state index in [-0.39, 0.29) is 24.3 Å². The number of methoxy groups -OCH3 is 1. The predicted molar refractivity (Wildman–Crippen MR) is 101 cm³/mol. The Morgan fingerprint density at radius 1 is 1.18 bits per heavy atom. The topological polar surface area (TPSA) is 44.1 Å². The van der Waals surface area contributed by atoms with Gasteiger partial charge in [0.15, 0.2) is 0 Å². The van der Waals surface area contributed by atoms with Crippen LogP contribution in [0.3, 0.4) is 0 Å². The molecule has 0 saturated heterocycles. The lowest BCUT2D eigenvalue weighted by molar-refractivity contribution is -0.182. The SMILES string of the molecule is COCCc1cc(=O)n(-c2ccc(Cl)cc2)c([C@H]2CC[C@@H](C(F)(F)F)CC2)n1. The quantitative estimate of drug-likeness (QED) is 0.698. The molecule has 1 aromatic heterocycles. The summed E-state index contributed by atoms with van der Waals surface area (Å²) in [4.78, 5) is 17.5. The third kappa shape index (κ3) is 4.75. The van der Waals surface area contributed by atoms with Crippen LogP contribution < -0.4 is 5.56 Å². The van der Waals surface area contributed by atoms with Crippen LogP contribution in [0.1, 0.15) is 43.1 Å². The molecule has 1 aromatic carbocycles. The van der Waals surface area contributed by atoms with Gasteiger partial charge in [-0.3, -0.25) is 9.36 Å². The van der Waals surface area contributed by atoms with Gasteiger partial charge in [0.1, 0.15) is 5.82 Å². The second-order valence-corrected chi connectivity index (χ2v) is 7.53. The standard InChI is InChI=1S/C20H22ClF3N2O2/c1-28-11-10-16-12-18(27)26(17-8-6-15(21)7-9-17)19(25-16)13-2-4-14(5-3-13)20(22,23)24/h6-9,12-14H,2-5,10-11H2,1H3/t13-,14+. The molecule has 0 unspecified atom stereocenters. The maximum absolute atomic E-state index is 13.0. The molecule has 1 aliphatic rings. The second-order valence-electron chi connectivity index (χ2n) is 7.09. The van der Waals surface area contributed by atoms with E-state index >= 15 is 0 Å². The van der Waals surface area contributed by atoms with Gasteiger partial charge in [0.2, 0.25) is 0 Å². The van der Waals surface area contributed by atoms with Crippen LogP contribution in [0.25, 0.3) is 5.69 Å². The molecule has 1 heterocycles. The molecule has 2 aromatic rings. The van der Waals surface area contributed by atoms with E-state index < -0.39 is 12.1 Å². The lowest BCUT2D eigenvalue weighted by Gasteiger charge is -2.30. The average Bonchev–Trinajstić information content (AvgIpc) is 2.66. The molecule has 0 amide bonds. The summed E-state index contributed by atoms with van der Waals surface area (Å²) in [7, 11) is 1.56. The molecule has 0 atom stereocenters. The van der Waals surface area contributed by atoms with Crippen molar-refractivity contribution in [3.8, 4) is 5.69 Å². The summed E-state index contributed by atoms with van der Waals surface area (Å²) in [6.45, 7) is 0.414. The highest BCUT2D eigenvalue weighted by molar-refractivity contribution is 6.30. The van der Waals surface area contributed by atoms with Gasteiger partial charge in [-0.1, -0.05) is 11.6 Å². The average molecular weight is 415 g/mol. The van der Waals surface area contributed by atoms with Gasteiger partial charge in [0, 0.05) is 30.5 Å². The molecule has 0 aliphatic heterocycles. The highest BCUT2D eigenvalue weighted by Gasteiger charge is 2.42. The molecule has 0 spiro atoms. The molecule has 0 N–H and O–H groups in total. The van der Waals surface area contributed by atoms with Crippen molar-refractivity contribution in [3.05, 3.63) is 57.2 Å². The smallest absolute Gasteiger partial charge is 0.384 e. The molecule has 3 rings (SSSR count). The normalized spacial score (nSPS) is 20.3. The van der Waals surface area contributed by atoms with E-state index in [9.17, 15) is 18.0 Å². The second kappa shape index (κ2) is 8.66. The van der Waals surface area contributed by atoms with Gasteiger partial charge in [0.25, 0.3) is 5.56 Å². The fourth-order valence-corrected chi connectivity index (χ4v) is 3.81. The van der Waals surface area contributed by atoms with E-state index in [4.69, 9.17) is 16.3 Å². The highest BCUT2D eigenvalue weighted by atomic mass is 35.5. The van der Waals surface area contributed by atoms with Crippen molar-refractivity contribution >= 4 is 11.6 Å². The van der Waals surface area contributed by atoms with E-state index in [2.05, 4.69) is 4.98 Å². The van der Waals surface area contributed by atoms with E-state index in [0.717, 1.165) is 0 Å². The zero-order valence-corrected chi connectivity index (χ0v) is 16.3. The fraction of sp³-hybridized carbons (Fsp3) is 0.500. The first-order chi connectivity index (χ1) is 13.3. The van der Waals surface area contributed by atoms with Crippen molar-refractivity contribution in [2.24, 2.45) is 5.92 Å². The molecular weight excluding hydrogens is 393 g/mol. The zero-order chi connectivity index (χ0) is 20.3. The van der Waals surface area contributed by atoms with Crippen LogP contribution in [-0.4, -0.2) is 29.4 Å². The van der Waals surface area contributed by atoms with Crippen LogP contribution in [-0.2, 0) is 11.2 Å². The van der Waals surface area contributed by atoms with Gasteiger partial charge in [-0.15, -0.1) is 0 Å². The Morgan fingerprint density at radius 3 is 2.39 bits per heavy atom. The van der Waals surface area contributed by atoms with Crippen molar-refractivity contribution in [1.29, 1.82) is 0 Å². The summed E-state index contributed by atoms with van der Waals surface area (Å²) in [5.74, 6) is -0.970. The molecule has 0 radical (unpaired) electrons. The van der Waals surface area contributed by atoms with Crippen LogP contribution in [0.4, 0.5) is 13.2 Å². The molecule has 1 saturated carbocycles. The lowest BCUT2D eigenvalue weighted by atomic mass is 9.81. The monoisotopic (exact) mass is 414 g/mol. The van der Waals surface area contributed by atoms with Crippen LogP contribution in [0.2, 0.25) is 5.02 Å². The third-order valence-corrected chi connectivity index (χ3v) is 5.45. The van der Waals surface area contributed by atoms with Crippen molar-refractivity contribution < 1.29 is 17.9 Å². The van der Waals surface area contributed by atoms with E-state index in [1.807, 2.05) is 0 Å². The summed E-state index contributed by atoms with van der Waals surface area (Å²) in [6, 6.07) is 8.23. The molecular formula is C20H22ClF3N2O2. The first-order valence-electron chi connectivity index (χ1n) is 9.24. The highest BCUT2D eigenvalue weighted by Crippen LogP contribution is 2.42. The third-order valence-electron chi connectivity index (χ3n) is 5.20.